The Hall–Kier alpha value is -1.24. The van der Waals surface area contributed by atoms with E-state index in [4.69, 9.17) is 0 Å². The van der Waals surface area contributed by atoms with Gasteiger partial charge in [-0.3, -0.25) is 0 Å². The molecule has 0 heterocycles. The van der Waals surface area contributed by atoms with Crippen LogP contribution in [0, 0.1) is 0 Å². The van der Waals surface area contributed by atoms with E-state index >= 15 is 0 Å². The Morgan fingerprint density at radius 3 is 2.75 bits per heavy atom. The monoisotopic (exact) mass is 271 g/mol. The molecule has 0 amide bonds. The third-order valence-electron chi connectivity index (χ3n) is 4.73. The minimum Gasteiger partial charge on any atom is -0.388 e. The maximum Gasteiger partial charge on any atom is 0.0350 e. The van der Waals surface area contributed by atoms with E-state index in [1.165, 1.54) is 55.3 Å². The predicted molar refractivity (Wildman–Crippen MR) is 88.0 cm³/mol. The van der Waals surface area contributed by atoms with Crippen molar-refractivity contribution in [2.75, 3.05) is 6.54 Å². The van der Waals surface area contributed by atoms with Crippen LogP contribution in [0.1, 0.15) is 63.5 Å². The van der Waals surface area contributed by atoms with Crippen LogP contribution in [0.5, 0.6) is 0 Å². The Kier molecular flexibility index (Phi) is 5.28. The van der Waals surface area contributed by atoms with Crippen molar-refractivity contribution in [3.05, 3.63) is 47.7 Å². The molecule has 1 aliphatic rings. The van der Waals surface area contributed by atoms with Crippen LogP contribution in [0.2, 0.25) is 0 Å². The second-order valence-corrected chi connectivity index (χ2v) is 6.10. The summed E-state index contributed by atoms with van der Waals surface area (Å²) in [7, 11) is 0. The summed E-state index contributed by atoms with van der Waals surface area (Å²) < 4.78 is 0. The molecule has 0 fully saturated rings. The largest absolute Gasteiger partial charge is 0.388 e. The maximum absolute atomic E-state index is 4.41. The highest BCUT2D eigenvalue weighted by Crippen LogP contribution is 2.46. The normalized spacial score (nSPS) is 20.7. The zero-order valence-corrected chi connectivity index (χ0v) is 13.2. The highest BCUT2D eigenvalue weighted by atomic mass is 14.9. The molecule has 1 N–H and O–H groups in total. The molecule has 1 unspecified atom stereocenters. The van der Waals surface area contributed by atoms with Gasteiger partial charge in [-0.1, -0.05) is 64.0 Å². The van der Waals surface area contributed by atoms with Crippen molar-refractivity contribution in [3.8, 4) is 0 Å². The molecule has 0 aliphatic heterocycles. The van der Waals surface area contributed by atoms with E-state index < -0.39 is 0 Å². The first kappa shape index (κ1) is 15.2. The number of fused-ring (bicyclic) bond motifs is 1. The summed E-state index contributed by atoms with van der Waals surface area (Å²) >= 11 is 0. The average molecular weight is 271 g/mol. The van der Waals surface area contributed by atoms with Crippen molar-refractivity contribution in [2.45, 2.75) is 64.2 Å². The smallest absolute Gasteiger partial charge is 0.0350 e. The lowest BCUT2D eigenvalue weighted by molar-refractivity contribution is 0.410. The van der Waals surface area contributed by atoms with Gasteiger partial charge < -0.3 is 5.32 Å². The number of allylic oxidation sites excluding steroid dienone is 1. The fraction of sp³-hybridized carbons (Fsp3) is 0.579. The van der Waals surface area contributed by atoms with Gasteiger partial charge in [0, 0.05) is 17.7 Å². The van der Waals surface area contributed by atoms with Gasteiger partial charge in [-0.25, -0.2) is 0 Å². The number of nitrogens with one attached hydrogen (secondary N) is 1. The minimum absolute atomic E-state index is 0.181. The Morgan fingerprint density at radius 1 is 1.20 bits per heavy atom. The molecule has 1 aromatic rings. The van der Waals surface area contributed by atoms with Crippen LogP contribution in [0.15, 0.2) is 36.5 Å². The fourth-order valence-electron chi connectivity index (χ4n) is 3.53. The van der Waals surface area contributed by atoms with Gasteiger partial charge in [0.2, 0.25) is 0 Å². The van der Waals surface area contributed by atoms with Crippen LogP contribution in [0.3, 0.4) is 0 Å². The average Bonchev–Trinajstić information content (AvgIpc) is 2.85. The zero-order chi connectivity index (χ0) is 14.4. The molecular formula is C19H29N. The number of aryl methyl sites for hydroxylation is 1. The molecule has 0 saturated carbocycles. The van der Waals surface area contributed by atoms with Crippen molar-refractivity contribution in [3.63, 3.8) is 0 Å². The van der Waals surface area contributed by atoms with Crippen LogP contribution in [-0.4, -0.2) is 6.54 Å². The number of rotatable bonds is 8. The lowest BCUT2D eigenvalue weighted by Crippen LogP contribution is -2.34. The van der Waals surface area contributed by atoms with E-state index in [1.807, 2.05) is 0 Å². The number of benzene rings is 1. The van der Waals surface area contributed by atoms with Crippen molar-refractivity contribution >= 4 is 0 Å². The van der Waals surface area contributed by atoms with Gasteiger partial charge in [-0.15, -0.1) is 0 Å². The number of unbranched alkanes of at least 4 members (excludes halogenated alkanes) is 2. The highest BCUT2D eigenvalue weighted by molar-refractivity contribution is 5.45. The molecule has 0 saturated heterocycles. The molecule has 0 spiro atoms. The van der Waals surface area contributed by atoms with Crippen molar-refractivity contribution < 1.29 is 0 Å². The second-order valence-electron chi connectivity index (χ2n) is 6.10. The summed E-state index contributed by atoms with van der Waals surface area (Å²) in [5.41, 5.74) is 4.49. The summed E-state index contributed by atoms with van der Waals surface area (Å²) in [6.45, 7) is 9.94. The van der Waals surface area contributed by atoms with Gasteiger partial charge in [0.1, 0.15) is 0 Å². The summed E-state index contributed by atoms with van der Waals surface area (Å²) in [4.78, 5) is 0. The van der Waals surface area contributed by atoms with Crippen LogP contribution in [0.4, 0.5) is 0 Å². The van der Waals surface area contributed by atoms with Gasteiger partial charge >= 0.3 is 0 Å². The molecule has 0 bridgehead atoms. The quantitative estimate of drug-likeness (QED) is 0.659. The molecule has 1 atom stereocenters. The molecule has 1 heteroatoms. The minimum atomic E-state index is 0.181. The Balaban J connectivity index is 2.24. The number of hydrogen-bond donors (Lipinski definition) is 1. The van der Waals surface area contributed by atoms with Crippen molar-refractivity contribution in [1.29, 1.82) is 0 Å². The van der Waals surface area contributed by atoms with E-state index in [-0.39, 0.29) is 5.41 Å². The first-order chi connectivity index (χ1) is 9.74. The first-order valence-electron chi connectivity index (χ1n) is 8.26. The lowest BCUT2D eigenvalue weighted by Gasteiger charge is -2.34. The standard InChI is InChI=1S/C19H29N/c1-4-6-9-13-19(16(3)20-15-5-2)14-12-17-10-7-8-11-18(17)19/h7-8,10-11,20H,3-6,9,12-15H2,1-2H3. The molecular weight excluding hydrogens is 242 g/mol. The molecule has 1 aromatic carbocycles. The third kappa shape index (κ3) is 2.92. The Morgan fingerprint density at radius 2 is 2.00 bits per heavy atom. The third-order valence-corrected chi connectivity index (χ3v) is 4.73. The summed E-state index contributed by atoms with van der Waals surface area (Å²) in [6, 6.07) is 8.98. The lowest BCUT2D eigenvalue weighted by atomic mass is 9.75. The van der Waals surface area contributed by atoms with Gasteiger partial charge in [-0.2, -0.15) is 0 Å². The maximum atomic E-state index is 4.41. The summed E-state index contributed by atoms with van der Waals surface area (Å²) in [5, 5.41) is 3.59. The van der Waals surface area contributed by atoms with Gasteiger partial charge in [0.25, 0.3) is 0 Å². The number of hydrogen-bond acceptors (Lipinski definition) is 1. The van der Waals surface area contributed by atoms with Gasteiger partial charge in [-0.05, 0) is 36.8 Å². The van der Waals surface area contributed by atoms with Gasteiger partial charge in [0.05, 0.1) is 0 Å². The van der Waals surface area contributed by atoms with Crippen LogP contribution >= 0.6 is 0 Å². The van der Waals surface area contributed by atoms with E-state index in [0.29, 0.717) is 0 Å². The van der Waals surface area contributed by atoms with E-state index in [9.17, 15) is 0 Å². The Bertz CT molecular complexity index is 449. The van der Waals surface area contributed by atoms with Crippen molar-refractivity contribution in [1.82, 2.24) is 5.32 Å². The molecule has 1 nitrogen and oxygen atoms in total. The molecule has 0 aromatic heterocycles. The molecule has 20 heavy (non-hydrogen) atoms. The topological polar surface area (TPSA) is 12.0 Å². The van der Waals surface area contributed by atoms with Crippen molar-refractivity contribution in [2.24, 2.45) is 0 Å². The highest BCUT2D eigenvalue weighted by Gasteiger charge is 2.40. The van der Waals surface area contributed by atoms with E-state index in [1.54, 1.807) is 0 Å². The predicted octanol–water partition coefficient (Wildman–Crippen LogP) is 4.96. The Labute approximate surface area is 124 Å². The van der Waals surface area contributed by atoms with Gasteiger partial charge in [0.15, 0.2) is 0 Å². The van der Waals surface area contributed by atoms with E-state index in [2.05, 4.69) is 50.0 Å². The SMILES string of the molecule is C=C(NCCC)C1(CCCCC)CCc2ccccc21. The van der Waals surface area contributed by atoms with Crippen LogP contribution < -0.4 is 5.32 Å². The zero-order valence-electron chi connectivity index (χ0n) is 13.2. The second kappa shape index (κ2) is 6.97. The summed E-state index contributed by atoms with van der Waals surface area (Å²) in [6.07, 6.45) is 8.75. The van der Waals surface area contributed by atoms with E-state index in [0.717, 1.165) is 13.0 Å². The molecule has 2 rings (SSSR count). The molecule has 110 valence electrons. The molecule has 0 radical (unpaired) electrons. The van der Waals surface area contributed by atoms with Crippen LogP contribution in [0.25, 0.3) is 0 Å². The van der Waals surface area contributed by atoms with Crippen LogP contribution in [-0.2, 0) is 11.8 Å². The first-order valence-corrected chi connectivity index (χ1v) is 8.26. The fourth-order valence-corrected chi connectivity index (χ4v) is 3.53. The summed E-state index contributed by atoms with van der Waals surface area (Å²) in [5.74, 6) is 0. The molecule has 1 aliphatic carbocycles.